The molecule has 2 aromatic carbocycles. The van der Waals surface area contributed by atoms with Gasteiger partial charge in [-0.05, 0) is 59.9 Å². The Bertz CT molecular complexity index is 963. The van der Waals surface area contributed by atoms with Gasteiger partial charge in [0.15, 0.2) is 0 Å². The standard InChI is InChI=1S/C24H25FN2O2/c1-29-22-11-7-17(8-12-22)19-4-2-3-13-27(16-19)24(28)23-14-20(15-26-23)18-5-9-21(25)10-6-18/h5-12,14-15,19,26H,2-4,13,16H2,1H3/t19-/m1/s1. The number of carbonyl (C=O) groups is 1. The van der Waals surface area contributed by atoms with Crippen LogP contribution in [0, 0.1) is 5.82 Å². The summed E-state index contributed by atoms with van der Waals surface area (Å²) in [6, 6.07) is 16.3. The third-order valence-electron chi connectivity index (χ3n) is 5.64. The van der Waals surface area contributed by atoms with E-state index in [-0.39, 0.29) is 11.7 Å². The molecule has 1 aliphatic rings. The van der Waals surface area contributed by atoms with Crippen LogP contribution in [-0.2, 0) is 0 Å². The van der Waals surface area contributed by atoms with Gasteiger partial charge in [-0.3, -0.25) is 4.79 Å². The van der Waals surface area contributed by atoms with Gasteiger partial charge in [0.05, 0.1) is 7.11 Å². The first-order valence-electron chi connectivity index (χ1n) is 10.0. The van der Waals surface area contributed by atoms with Crippen LogP contribution in [0.2, 0.25) is 0 Å². The zero-order chi connectivity index (χ0) is 20.2. The van der Waals surface area contributed by atoms with Crippen molar-refractivity contribution in [2.75, 3.05) is 20.2 Å². The fourth-order valence-corrected chi connectivity index (χ4v) is 3.97. The number of H-pyrrole nitrogens is 1. The van der Waals surface area contributed by atoms with Gasteiger partial charge in [-0.1, -0.05) is 30.7 Å². The monoisotopic (exact) mass is 392 g/mol. The van der Waals surface area contributed by atoms with Crippen LogP contribution < -0.4 is 4.74 Å². The summed E-state index contributed by atoms with van der Waals surface area (Å²) in [7, 11) is 1.66. The SMILES string of the molecule is COc1ccc([C@@H]2CCCCN(C(=O)c3cc(-c4ccc(F)cc4)c[nH]3)C2)cc1. The lowest BCUT2D eigenvalue weighted by Crippen LogP contribution is -2.34. The molecule has 1 saturated heterocycles. The van der Waals surface area contributed by atoms with E-state index in [0.717, 1.165) is 42.7 Å². The average Bonchev–Trinajstić information content (AvgIpc) is 3.12. The number of rotatable bonds is 4. The summed E-state index contributed by atoms with van der Waals surface area (Å²) in [5.41, 5.74) is 3.58. The number of nitrogens with one attached hydrogen (secondary N) is 1. The number of halogens is 1. The van der Waals surface area contributed by atoms with Crippen LogP contribution in [0.4, 0.5) is 4.39 Å². The highest BCUT2D eigenvalue weighted by Gasteiger charge is 2.25. The summed E-state index contributed by atoms with van der Waals surface area (Å²) in [4.78, 5) is 18.2. The Balaban J connectivity index is 1.50. The molecule has 150 valence electrons. The van der Waals surface area contributed by atoms with E-state index in [2.05, 4.69) is 17.1 Å². The van der Waals surface area contributed by atoms with E-state index in [0.29, 0.717) is 18.2 Å². The van der Waals surface area contributed by atoms with Crippen molar-refractivity contribution in [2.45, 2.75) is 25.2 Å². The minimum absolute atomic E-state index is 0.0128. The van der Waals surface area contributed by atoms with Crippen molar-refractivity contribution >= 4 is 5.91 Å². The fourth-order valence-electron chi connectivity index (χ4n) is 3.97. The van der Waals surface area contributed by atoms with Gasteiger partial charge in [-0.2, -0.15) is 0 Å². The zero-order valence-corrected chi connectivity index (χ0v) is 16.5. The van der Waals surface area contributed by atoms with E-state index in [1.165, 1.54) is 17.7 Å². The lowest BCUT2D eigenvalue weighted by Gasteiger charge is -2.24. The minimum atomic E-state index is -0.269. The van der Waals surface area contributed by atoms with Crippen LogP contribution in [0.1, 0.15) is 41.2 Å². The number of methoxy groups -OCH3 is 1. The molecule has 1 fully saturated rings. The molecule has 2 heterocycles. The normalized spacial score (nSPS) is 17.0. The van der Waals surface area contributed by atoms with Crippen molar-refractivity contribution in [2.24, 2.45) is 0 Å². The maximum absolute atomic E-state index is 13.2. The highest BCUT2D eigenvalue weighted by atomic mass is 19.1. The van der Waals surface area contributed by atoms with E-state index in [1.807, 2.05) is 23.1 Å². The van der Waals surface area contributed by atoms with E-state index < -0.39 is 0 Å². The second-order valence-corrected chi connectivity index (χ2v) is 7.53. The molecule has 0 spiro atoms. The van der Waals surface area contributed by atoms with Crippen molar-refractivity contribution in [3.05, 3.63) is 77.9 Å². The number of hydrogen-bond acceptors (Lipinski definition) is 2. The summed E-state index contributed by atoms with van der Waals surface area (Å²) in [5, 5.41) is 0. The van der Waals surface area contributed by atoms with Gasteiger partial charge in [-0.25, -0.2) is 4.39 Å². The van der Waals surface area contributed by atoms with Gasteiger partial charge >= 0.3 is 0 Å². The number of carbonyl (C=O) groups excluding carboxylic acids is 1. The molecule has 3 aromatic rings. The molecular formula is C24H25FN2O2. The van der Waals surface area contributed by atoms with Gasteiger partial charge in [0, 0.05) is 25.2 Å². The summed E-state index contributed by atoms with van der Waals surface area (Å²) < 4.78 is 18.4. The molecule has 29 heavy (non-hydrogen) atoms. The molecule has 5 heteroatoms. The Morgan fingerprint density at radius 2 is 1.83 bits per heavy atom. The molecule has 1 atom stereocenters. The number of hydrogen-bond donors (Lipinski definition) is 1. The molecule has 1 N–H and O–H groups in total. The molecule has 1 amide bonds. The number of nitrogens with zero attached hydrogens (tertiary/aromatic N) is 1. The highest BCUT2D eigenvalue weighted by Crippen LogP contribution is 2.29. The van der Waals surface area contributed by atoms with Crippen LogP contribution in [0.5, 0.6) is 5.75 Å². The van der Waals surface area contributed by atoms with Crippen molar-refractivity contribution < 1.29 is 13.9 Å². The largest absolute Gasteiger partial charge is 0.497 e. The first kappa shape index (κ1) is 19.2. The maximum atomic E-state index is 13.2. The zero-order valence-electron chi connectivity index (χ0n) is 16.5. The predicted octanol–water partition coefficient (Wildman–Crippen LogP) is 5.24. The first-order valence-corrected chi connectivity index (χ1v) is 10.0. The molecule has 0 bridgehead atoms. The van der Waals surface area contributed by atoms with Crippen LogP contribution in [0.25, 0.3) is 11.1 Å². The maximum Gasteiger partial charge on any atom is 0.270 e. The van der Waals surface area contributed by atoms with Crippen molar-refractivity contribution in [1.82, 2.24) is 9.88 Å². The molecule has 0 aliphatic carbocycles. The van der Waals surface area contributed by atoms with Crippen LogP contribution in [-0.4, -0.2) is 36.0 Å². The fraction of sp³-hybridized carbons (Fsp3) is 0.292. The molecule has 1 aliphatic heterocycles. The van der Waals surface area contributed by atoms with E-state index in [1.54, 1.807) is 25.4 Å². The number of aromatic nitrogens is 1. The number of ether oxygens (including phenoxy) is 1. The Morgan fingerprint density at radius 3 is 2.55 bits per heavy atom. The minimum Gasteiger partial charge on any atom is -0.497 e. The Labute approximate surface area is 170 Å². The van der Waals surface area contributed by atoms with Crippen LogP contribution >= 0.6 is 0 Å². The third kappa shape index (κ3) is 4.34. The van der Waals surface area contributed by atoms with Crippen molar-refractivity contribution in [3.63, 3.8) is 0 Å². The summed E-state index contributed by atoms with van der Waals surface area (Å²) >= 11 is 0. The molecular weight excluding hydrogens is 367 g/mol. The van der Waals surface area contributed by atoms with Gasteiger partial charge < -0.3 is 14.6 Å². The number of likely N-dealkylation sites (tertiary alicyclic amines) is 1. The second kappa shape index (κ2) is 8.52. The number of benzene rings is 2. The van der Waals surface area contributed by atoms with E-state index >= 15 is 0 Å². The topological polar surface area (TPSA) is 45.3 Å². The van der Waals surface area contributed by atoms with Crippen molar-refractivity contribution in [3.8, 4) is 16.9 Å². The quantitative estimate of drug-likeness (QED) is 0.660. The average molecular weight is 392 g/mol. The Kier molecular flexibility index (Phi) is 5.65. The lowest BCUT2D eigenvalue weighted by atomic mass is 9.94. The van der Waals surface area contributed by atoms with Crippen LogP contribution in [0.3, 0.4) is 0 Å². The first-order chi connectivity index (χ1) is 14.1. The molecule has 1 aromatic heterocycles. The smallest absolute Gasteiger partial charge is 0.270 e. The van der Waals surface area contributed by atoms with E-state index in [9.17, 15) is 9.18 Å². The summed E-state index contributed by atoms with van der Waals surface area (Å²) in [6.45, 7) is 1.46. The number of aromatic amines is 1. The van der Waals surface area contributed by atoms with Gasteiger partial charge in [0.1, 0.15) is 17.3 Å². The highest BCUT2D eigenvalue weighted by molar-refractivity contribution is 5.94. The Morgan fingerprint density at radius 1 is 1.07 bits per heavy atom. The van der Waals surface area contributed by atoms with Gasteiger partial charge in [0.25, 0.3) is 5.91 Å². The molecule has 4 nitrogen and oxygen atoms in total. The summed E-state index contributed by atoms with van der Waals surface area (Å²) in [5.74, 6) is 0.905. The molecule has 0 unspecified atom stereocenters. The van der Waals surface area contributed by atoms with Crippen molar-refractivity contribution in [1.29, 1.82) is 0 Å². The molecule has 0 radical (unpaired) electrons. The van der Waals surface area contributed by atoms with Crippen LogP contribution in [0.15, 0.2) is 60.8 Å². The lowest BCUT2D eigenvalue weighted by molar-refractivity contribution is 0.0749. The molecule has 0 saturated carbocycles. The van der Waals surface area contributed by atoms with Gasteiger partial charge in [-0.15, -0.1) is 0 Å². The second-order valence-electron chi connectivity index (χ2n) is 7.53. The third-order valence-corrected chi connectivity index (χ3v) is 5.64. The van der Waals surface area contributed by atoms with E-state index in [4.69, 9.17) is 4.74 Å². The molecule has 4 rings (SSSR count). The van der Waals surface area contributed by atoms with Gasteiger partial charge in [0.2, 0.25) is 0 Å². The Hall–Kier alpha value is -3.08. The summed E-state index contributed by atoms with van der Waals surface area (Å²) in [6.07, 6.45) is 4.98. The number of amides is 1. The predicted molar refractivity (Wildman–Crippen MR) is 112 cm³/mol.